The lowest BCUT2D eigenvalue weighted by Crippen LogP contribution is -2.14. The van der Waals surface area contributed by atoms with E-state index in [0.717, 1.165) is 29.2 Å². The third-order valence-electron chi connectivity index (χ3n) is 2.44. The lowest BCUT2D eigenvalue weighted by molar-refractivity contribution is -0.139. The number of carbonyl (C=O) groups excluding carboxylic acids is 2. The number of nitrogens with one attached hydrogen (secondary N) is 1. The smallest absolute Gasteiger partial charge is 0.316 e. The van der Waals surface area contributed by atoms with E-state index in [-0.39, 0.29) is 27.4 Å². The number of benzene rings is 1. The Kier molecular flexibility index (Phi) is 6.31. The number of esters is 1. The minimum Gasteiger partial charge on any atom is -0.465 e. The average Bonchev–Trinajstić information content (AvgIpc) is 2.93. The van der Waals surface area contributed by atoms with Gasteiger partial charge in [0.05, 0.1) is 22.9 Å². The highest BCUT2D eigenvalue weighted by Gasteiger charge is 2.18. The predicted molar refractivity (Wildman–Crippen MR) is 86.6 cm³/mol. The van der Waals surface area contributed by atoms with Crippen molar-refractivity contribution in [1.29, 1.82) is 0 Å². The average molecular weight is 376 g/mol. The largest absolute Gasteiger partial charge is 0.465 e. The van der Waals surface area contributed by atoms with Crippen LogP contribution in [0.3, 0.4) is 0 Å². The van der Waals surface area contributed by atoms with Gasteiger partial charge >= 0.3 is 5.97 Å². The molecule has 1 aromatic carbocycles. The molecule has 6 nitrogen and oxygen atoms in total. The Labute approximate surface area is 144 Å². The standard InChI is InChI=1S/C13H11ClFN3O3S2/c1-2-21-9(19)6-22-13-18-17-12(23-13)16-11(20)10-7(14)4-3-5-8(10)15/h3-5H,2,6H2,1H3,(H,16,17,20). The summed E-state index contributed by atoms with van der Waals surface area (Å²) >= 11 is 8.02. The van der Waals surface area contributed by atoms with Crippen LogP contribution in [0.15, 0.2) is 22.5 Å². The highest BCUT2D eigenvalue weighted by Crippen LogP contribution is 2.27. The van der Waals surface area contributed by atoms with E-state index in [1.807, 2.05) is 0 Å². The first-order valence-electron chi connectivity index (χ1n) is 6.38. The maximum Gasteiger partial charge on any atom is 0.316 e. The molecule has 0 unspecified atom stereocenters. The van der Waals surface area contributed by atoms with Gasteiger partial charge in [0.15, 0.2) is 4.34 Å². The van der Waals surface area contributed by atoms with Crippen molar-refractivity contribution in [3.8, 4) is 0 Å². The molecule has 0 atom stereocenters. The zero-order chi connectivity index (χ0) is 16.8. The van der Waals surface area contributed by atoms with E-state index in [1.165, 1.54) is 12.1 Å². The van der Waals surface area contributed by atoms with Gasteiger partial charge in [0, 0.05) is 0 Å². The summed E-state index contributed by atoms with van der Waals surface area (Å²) in [5.74, 6) is -1.71. The van der Waals surface area contributed by atoms with Crippen LogP contribution in [0.1, 0.15) is 17.3 Å². The summed E-state index contributed by atoms with van der Waals surface area (Å²) < 4.78 is 18.9. The third kappa shape index (κ3) is 4.88. The molecule has 0 fully saturated rings. The van der Waals surface area contributed by atoms with Crippen molar-refractivity contribution >= 4 is 51.7 Å². The number of nitrogens with zero attached hydrogens (tertiary/aromatic N) is 2. The van der Waals surface area contributed by atoms with Gasteiger partial charge in [-0.25, -0.2) is 4.39 Å². The van der Waals surface area contributed by atoms with Crippen LogP contribution in [0.25, 0.3) is 0 Å². The van der Waals surface area contributed by atoms with Crippen LogP contribution in [-0.4, -0.2) is 34.4 Å². The predicted octanol–water partition coefficient (Wildman–Crippen LogP) is 3.24. The zero-order valence-electron chi connectivity index (χ0n) is 11.8. The number of amides is 1. The molecule has 23 heavy (non-hydrogen) atoms. The molecule has 0 saturated carbocycles. The monoisotopic (exact) mass is 375 g/mol. The molecule has 1 heterocycles. The molecular weight excluding hydrogens is 365 g/mol. The zero-order valence-corrected chi connectivity index (χ0v) is 14.2. The lowest BCUT2D eigenvalue weighted by Gasteiger charge is -2.04. The highest BCUT2D eigenvalue weighted by atomic mass is 35.5. The van der Waals surface area contributed by atoms with Crippen LogP contribution in [-0.2, 0) is 9.53 Å². The molecule has 1 N–H and O–H groups in total. The number of carbonyl (C=O) groups is 2. The molecule has 122 valence electrons. The van der Waals surface area contributed by atoms with Crippen LogP contribution >= 0.6 is 34.7 Å². The quantitative estimate of drug-likeness (QED) is 0.474. The first kappa shape index (κ1) is 17.6. The summed E-state index contributed by atoms with van der Waals surface area (Å²) in [6.45, 7) is 2.02. The van der Waals surface area contributed by atoms with Crippen LogP contribution in [0.4, 0.5) is 9.52 Å². The molecule has 0 saturated heterocycles. The molecule has 10 heteroatoms. The molecule has 2 rings (SSSR count). The first-order valence-corrected chi connectivity index (χ1v) is 8.56. The van der Waals surface area contributed by atoms with Crippen molar-refractivity contribution in [1.82, 2.24) is 10.2 Å². The second-order valence-electron chi connectivity index (χ2n) is 4.02. The van der Waals surface area contributed by atoms with Crippen LogP contribution in [0.5, 0.6) is 0 Å². The number of hydrogen-bond acceptors (Lipinski definition) is 7. The van der Waals surface area contributed by atoms with Gasteiger partial charge < -0.3 is 4.74 Å². The van der Waals surface area contributed by atoms with Gasteiger partial charge in [0.2, 0.25) is 5.13 Å². The van der Waals surface area contributed by atoms with Crippen molar-refractivity contribution < 1.29 is 18.7 Å². The van der Waals surface area contributed by atoms with Gasteiger partial charge in [-0.15, -0.1) is 10.2 Å². The molecule has 0 radical (unpaired) electrons. The van der Waals surface area contributed by atoms with E-state index in [1.54, 1.807) is 6.92 Å². The lowest BCUT2D eigenvalue weighted by atomic mass is 10.2. The molecule has 0 bridgehead atoms. The fraction of sp³-hybridized carbons (Fsp3) is 0.231. The van der Waals surface area contributed by atoms with Gasteiger partial charge in [0.25, 0.3) is 5.91 Å². The maximum absolute atomic E-state index is 13.7. The van der Waals surface area contributed by atoms with Crippen molar-refractivity contribution in [2.45, 2.75) is 11.3 Å². The molecule has 1 amide bonds. The number of ether oxygens (including phenoxy) is 1. The van der Waals surface area contributed by atoms with Crippen LogP contribution in [0.2, 0.25) is 5.02 Å². The van der Waals surface area contributed by atoms with E-state index < -0.39 is 11.7 Å². The van der Waals surface area contributed by atoms with Crippen LogP contribution in [0, 0.1) is 5.82 Å². The van der Waals surface area contributed by atoms with Gasteiger partial charge in [-0.3, -0.25) is 14.9 Å². The Morgan fingerprint density at radius 3 is 2.91 bits per heavy atom. The van der Waals surface area contributed by atoms with E-state index >= 15 is 0 Å². The SMILES string of the molecule is CCOC(=O)CSc1nnc(NC(=O)c2c(F)cccc2Cl)s1. The van der Waals surface area contributed by atoms with Crippen molar-refractivity contribution in [3.05, 3.63) is 34.6 Å². The maximum atomic E-state index is 13.7. The van der Waals surface area contributed by atoms with Gasteiger partial charge in [-0.1, -0.05) is 40.8 Å². The number of aromatic nitrogens is 2. The van der Waals surface area contributed by atoms with E-state index in [4.69, 9.17) is 16.3 Å². The number of rotatable bonds is 6. The van der Waals surface area contributed by atoms with Crippen molar-refractivity contribution in [2.75, 3.05) is 17.7 Å². The molecule has 2 aromatic rings. The Morgan fingerprint density at radius 2 is 2.22 bits per heavy atom. The summed E-state index contributed by atoms with van der Waals surface area (Å²) in [6.07, 6.45) is 0. The summed E-state index contributed by atoms with van der Waals surface area (Å²) in [7, 11) is 0. The van der Waals surface area contributed by atoms with E-state index in [0.29, 0.717) is 10.9 Å². The van der Waals surface area contributed by atoms with Crippen LogP contribution < -0.4 is 5.32 Å². The normalized spacial score (nSPS) is 10.4. The summed E-state index contributed by atoms with van der Waals surface area (Å²) in [5.41, 5.74) is -0.259. The Balaban J connectivity index is 1.99. The first-order chi connectivity index (χ1) is 11.0. The Morgan fingerprint density at radius 1 is 1.43 bits per heavy atom. The fourth-order valence-corrected chi connectivity index (χ4v) is 3.31. The highest BCUT2D eigenvalue weighted by molar-refractivity contribution is 8.01. The van der Waals surface area contributed by atoms with E-state index in [2.05, 4.69) is 15.5 Å². The number of anilines is 1. The minimum atomic E-state index is -0.726. The molecular formula is C13H11ClFN3O3S2. The topological polar surface area (TPSA) is 81.2 Å². The molecule has 0 aliphatic carbocycles. The number of thioether (sulfide) groups is 1. The Hall–Kier alpha value is -1.71. The Bertz CT molecular complexity index is 706. The van der Waals surface area contributed by atoms with Gasteiger partial charge in [-0.2, -0.15) is 0 Å². The second kappa shape index (κ2) is 8.23. The number of hydrogen-bond donors (Lipinski definition) is 1. The molecule has 0 aliphatic rings. The molecule has 0 spiro atoms. The summed E-state index contributed by atoms with van der Waals surface area (Å²) in [6, 6.07) is 3.96. The summed E-state index contributed by atoms with van der Waals surface area (Å²) in [5, 5.41) is 10.2. The second-order valence-corrected chi connectivity index (χ2v) is 6.62. The third-order valence-corrected chi connectivity index (χ3v) is 4.70. The number of halogens is 2. The van der Waals surface area contributed by atoms with E-state index in [9.17, 15) is 14.0 Å². The van der Waals surface area contributed by atoms with Crippen molar-refractivity contribution in [2.24, 2.45) is 0 Å². The van der Waals surface area contributed by atoms with Crippen molar-refractivity contribution in [3.63, 3.8) is 0 Å². The van der Waals surface area contributed by atoms with Gasteiger partial charge in [-0.05, 0) is 19.1 Å². The minimum absolute atomic E-state index is 0.00363. The summed E-state index contributed by atoms with van der Waals surface area (Å²) in [4.78, 5) is 23.3. The molecule has 1 aromatic heterocycles. The fourth-order valence-electron chi connectivity index (χ4n) is 1.52. The van der Waals surface area contributed by atoms with Gasteiger partial charge in [0.1, 0.15) is 5.82 Å². The molecule has 0 aliphatic heterocycles.